The van der Waals surface area contributed by atoms with Crippen LogP contribution in [0.3, 0.4) is 0 Å². The van der Waals surface area contributed by atoms with Gasteiger partial charge < -0.3 is 10.2 Å². The molecule has 1 rings (SSSR count). The smallest absolute Gasteiger partial charge is 0.303 e. The Morgan fingerprint density at radius 1 is 1.00 bits per heavy atom. The van der Waals surface area contributed by atoms with E-state index in [0.717, 1.165) is 18.8 Å². The van der Waals surface area contributed by atoms with Gasteiger partial charge in [0, 0.05) is 6.42 Å². The average Bonchev–Trinajstić information content (AvgIpc) is 3.44. The van der Waals surface area contributed by atoms with Crippen LogP contribution in [0.5, 0.6) is 0 Å². The number of rotatable bonds is 16. The van der Waals surface area contributed by atoms with E-state index in [1.54, 1.807) is 0 Å². The van der Waals surface area contributed by atoms with Crippen LogP contribution in [-0.2, 0) is 4.79 Å². The lowest BCUT2D eigenvalue weighted by molar-refractivity contribution is -0.137. The molecule has 1 aliphatic carbocycles. The molecule has 1 fully saturated rings. The molecule has 0 aromatic carbocycles. The standard InChI is InChI=1S/C23H38O3/c1-2-3-4-5-6-7-10-13-20(21-16-17-21)18-19-22(24)14-11-8-9-12-15-23(25)26/h6-8,11,18-22,24H,2-5,9-10,12-17H2,1H3,(H,25,26)/t20-,22+/m0/s1. The van der Waals surface area contributed by atoms with Crippen LogP contribution < -0.4 is 0 Å². The van der Waals surface area contributed by atoms with Gasteiger partial charge in [-0.3, -0.25) is 4.79 Å². The van der Waals surface area contributed by atoms with Gasteiger partial charge in [0.1, 0.15) is 0 Å². The van der Waals surface area contributed by atoms with E-state index in [2.05, 4.69) is 25.2 Å². The minimum atomic E-state index is -0.747. The summed E-state index contributed by atoms with van der Waals surface area (Å²) in [5, 5.41) is 18.7. The number of carbonyl (C=O) groups is 1. The van der Waals surface area contributed by atoms with Crippen molar-refractivity contribution in [2.45, 2.75) is 90.1 Å². The summed E-state index contributed by atoms with van der Waals surface area (Å²) in [5.74, 6) is 0.672. The molecule has 0 heterocycles. The topological polar surface area (TPSA) is 57.5 Å². The van der Waals surface area contributed by atoms with Gasteiger partial charge in [0.15, 0.2) is 0 Å². The van der Waals surface area contributed by atoms with Crippen molar-refractivity contribution in [1.29, 1.82) is 0 Å². The van der Waals surface area contributed by atoms with E-state index in [1.165, 1.54) is 44.9 Å². The highest BCUT2D eigenvalue weighted by Gasteiger charge is 2.28. The SMILES string of the molecule is CCCCCC=CCC[C@@H](C=C[C@H](O)CC=CCCCC(=O)O)C1CC1. The van der Waals surface area contributed by atoms with Gasteiger partial charge in [-0.15, -0.1) is 0 Å². The van der Waals surface area contributed by atoms with Gasteiger partial charge in [-0.1, -0.05) is 56.2 Å². The molecule has 1 aliphatic rings. The second kappa shape index (κ2) is 14.8. The number of aliphatic hydroxyl groups is 1. The molecule has 3 nitrogen and oxygen atoms in total. The summed E-state index contributed by atoms with van der Waals surface area (Å²) in [4.78, 5) is 10.4. The number of unbranched alkanes of at least 4 members (excludes halogenated alkanes) is 4. The number of carboxylic acids is 1. The molecule has 2 N–H and O–H groups in total. The lowest BCUT2D eigenvalue weighted by atomic mass is 9.96. The molecule has 0 spiro atoms. The second-order valence-corrected chi connectivity index (χ2v) is 7.49. The van der Waals surface area contributed by atoms with Crippen molar-refractivity contribution in [2.24, 2.45) is 11.8 Å². The molecule has 0 amide bonds. The van der Waals surface area contributed by atoms with Crippen LogP contribution in [0.2, 0.25) is 0 Å². The third kappa shape index (κ3) is 12.9. The van der Waals surface area contributed by atoms with E-state index < -0.39 is 12.1 Å². The molecule has 0 aromatic heterocycles. The maximum atomic E-state index is 10.4. The Hall–Kier alpha value is -1.35. The van der Waals surface area contributed by atoms with Gasteiger partial charge in [-0.2, -0.15) is 0 Å². The van der Waals surface area contributed by atoms with Crippen molar-refractivity contribution in [3.63, 3.8) is 0 Å². The maximum Gasteiger partial charge on any atom is 0.303 e. The molecular formula is C23H38O3. The first-order chi connectivity index (χ1) is 12.6. The van der Waals surface area contributed by atoms with Crippen LogP contribution in [0, 0.1) is 11.8 Å². The monoisotopic (exact) mass is 362 g/mol. The number of aliphatic hydroxyl groups excluding tert-OH is 1. The highest BCUT2D eigenvalue weighted by Crippen LogP contribution is 2.40. The molecule has 148 valence electrons. The zero-order valence-electron chi connectivity index (χ0n) is 16.5. The Labute approximate surface area is 159 Å². The summed E-state index contributed by atoms with van der Waals surface area (Å²) >= 11 is 0. The van der Waals surface area contributed by atoms with Crippen molar-refractivity contribution < 1.29 is 15.0 Å². The quantitative estimate of drug-likeness (QED) is 0.260. The lowest BCUT2D eigenvalue weighted by Gasteiger charge is -2.11. The Morgan fingerprint density at radius 3 is 2.38 bits per heavy atom. The Morgan fingerprint density at radius 2 is 1.69 bits per heavy atom. The van der Waals surface area contributed by atoms with Crippen molar-refractivity contribution in [2.75, 3.05) is 0 Å². The Bertz CT molecular complexity index is 446. The minimum absolute atomic E-state index is 0.211. The zero-order chi connectivity index (χ0) is 19.0. The number of hydrogen-bond acceptors (Lipinski definition) is 2. The first-order valence-corrected chi connectivity index (χ1v) is 10.5. The van der Waals surface area contributed by atoms with E-state index in [0.29, 0.717) is 18.8 Å². The minimum Gasteiger partial charge on any atom is -0.481 e. The molecule has 3 heteroatoms. The summed E-state index contributed by atoms with van der Waals surface area (Å²) < 4.78 is 0. The fourth-order valence-electron chi connectivity index (χ4n) is 3.12. The molecule has 26 heavy (non-hydrogen) atoms. The molecule has 0 radical (unpaired) electrons. The van der Waals surface area contributed by atoms with Crippen LogP contribution in [-0.4, -0.2) is 22.3 Å². The number of carboxylic acid groups (broad SMARTS) is 1. The average molecular weight is 363 g/mol. The summed E-state index contributed by atoms with van der Waals surface area (Å²) in [5.41, 5.74) is 0. The van der Waals surface area contributed by atoms with Crippen molar-refractivity contribution in [1.82, 2.24) is 0 Å². The summed E-state index contributed by atoms with van der Waals surface area (Å²) in [6.07, 6.45) is 24.7. The van der Waals surface area contributed by atoms with Gasteiger partial charge in [-0.25, -0.2) is 0 Å². The first kappa shape index (κ1) is 22.7. The van der Waals surface area contributed by atoms with Gasteiger partial charge in [-0.05, 0) is 69.6 Å². The van der Waals surface area contributed by atoms with Gasteiger partial charge >= 0.3 is 5.97 Å². The maximum absolute atomic E-state index is 10.4. The summed E-state index contributed by atoms with van der Waals surface area (Å²) in [6, 6.07) is 0. The Balaban J connectivity index is 2.19. The molecular weight excluding hydrogens is 324 g/mol. The van der Waals surface area contributed by atoms with Crippen molar-refractivity contribution in [3.8, 4) is 0 Å². The summed E-state index contributed by atoms with van der Waals surface area (Å²) in [6.45, 7) is 2.24. The number of aliphatic carboxylic acids is 1. The fraction of sp³-hybridized carbons (Fsp3) is 0.696. The van der Waals surface area contributed by atoms with Crippen molar-refractivity contribution in [3.05, 3.63) is 36.5 Å². The zero-order valence-corrected chi connectivity index (χ0v) is 16.5. The fourth-order valence-corrected chi connectivity index (χ4v) is 3.12. The largest absolute Gasteiger partial charge is 0.481 e. The molecule has 0 bridgehead atoms. The van der Waals surface area contributed by atoms with Gasteiger partial charge in [0.25, 0.3) is 0 Å². The van der Waals surface area contributed by atoms with E-state index in [4.69, 9.17) is 5.11 Å². The predicted octanol–water partition coefficient (Wildman–Crippen LogP) is 6.05. The van der Waals surface area contributed by atoms with Crippen molar-refractivity contribution >= 4 is 5.97 Å². The van der Waals surface area contributed by atoms with Crippen LogP contribution in [0.4, 0.5) is 0 Å². The highest BCUT2D eigenvalue weighted by molar-refractivity contribution is 5.66. The molecule has 1 saturated carbocycles. The normalized spacial score (nSPS) is 17.5. The van der Waals surface area contributed by atoms with E-state index >= 15 is 0 Å². The number of hydrogen-bond donors (Lipinski definition) is 2. The van der Waals surface area contributed by atoms with E-state index in [-0.39, 0.29) is 6.42 Å². The predicted molar refractivity (Wildman–Crippen MR) is 109 cm³/mol. The summed E-state index contributed by atoms with van der Waals surface area (Å²) in [7, 11) is 0. The third-order valence-corrected chi connectivity index (χ3v) is 4.92. The molecule has 0 aliphatic heterocycles. The third-order valence-electron chi connectivity index (χ3n) is 4.92. The van der Waals surface area contributed by atoms with Crippen LogP contribution in [0.25, 0.3) is 0 Å². The molecule has 0 saturated heterocycles. The van der Waals surface area contributed by atoms with E-state index in [1.807, 2.05) is 18.2 Å². The van der Waals surface area contributed by atoms with Crippen LogP contribution in [0.15, 0.2) is 36.5 Å². The van der Waals surface area contributed by atoms with Crippen LogP contribution >= 0.6 is 0 Å². The Kier molecular flexibility index (Phi) is 12.9. The van der Waals surface area contributed by atoms with Gasteiger partial charge in [0.2, 0.25) is 0 Å². The van der Waals surface area contributed by atoms with E-state index in [9.17, 15) is 9.90 Å². The lowest BCUT2D eigenvalue weighted by Crippen LogP contribution is -2.04. The highest BCUT2D eigenvalue weighted by atomic mass is 16.4. The first-order valence-electron chi connectivity index (χ1n) is 10.5. The molecule has 0 unspecified atom stereocenters. The number of allylic oxidation sites excluding steroid dienone is 4. The molecule has 0 aromatic rings. The van der Waals surface area contributed by atoms with Crippen LogP contribution in [0.1, 0.15) is 84.0 Å². The van der Waals surface area contributed by atoms with Gasteiger partial charge in [0.05, 0.1) is 6.10 Å². The molecule has 2 atom stereocenters. The second-order valence-electron chi connectivity index (χ2n) is 7.49.